The number of nitrogens with one attached hydrogen (secondary N) is 1. The van der Waals surface area contributed by atoms with Gasteiger partial charge in [0, 0.05) is 25.7 Å². The van der Waals surface area contributed by atoms with Crippen molar-refractivity contribution in [3.05, 3.63) is 53.9 Å². The summed E-state index contributed by atoms with van der Waals surface area (Å²) in [6.45, 7) is 0.985. The first-order valence-electron chi connectivity index (χ1n) is 5.96. The summed E-state index contributed by atoms with van der Waals surface area (Å²) in [5.74, 6) is 0.505. The molecule has 3 nitrogen and oxygen atoms in total. The molecule has 2 aromatic rings. The van der Waals surface area contributed by atoms with E-state index in [0.29, 0.717) is 5.92 Å². The van der Waals surface area contributed by atoms with Crippen LogP contribution in [-0.2, 0) is 13.5 Å². The lowest BCUT2D eigenvalue weighted by Gasteiger charge is -2.16. The predicted molar refractivity (Wildman–Crippen MR) is 70.0 cm³/mol. The molecular weight excluding hydrogens is 210 g/mol. The molecule has 2 rings (SSSR count). The first-order chi connectivity index (χ1) is 8.29. The van der Waals surface area contributed by atoms with Crippen LogP contribution < -0.4 is 5.32 Å². The van der Waals surface area contributed by atoms with Crippen LogP contribution >= 0.6 is 0 Å². The second-order valence-electron chi connectivity index (χ2n) is 4.39. The van der Waals surface area contributed by atoms with Gasteiger partial charge in [-0.15, -0.1) is 0 Å². The summed E-state index contributed by atoms with van der Waals surface area (Å²) in [4.78, 5) is 0. The van der Waals surface area contributed by atoms with Crippen molar-refractivity contribution >= 4 is 0 Å². The Bertz CT molecular complexity index is 448. The standard InChI is InChI=1S/C14H19N3/c1-15-10-14(13-6-4-3-5-7-13)8-12-9-16-17(2)11-12/h3-7,9,11,14-15H,8,10H2,1-2H3. The predicted octanol–water partition coefficient (Wildman–Crippen LogP) is 1.97. The zero-order valence-corrected chi connectivity index (χ0v) is 10.4. The van der Waals surface area contributed by atoms with Crippen molar-refractivity contribution in [3.63, 3.8) is 0 Å². The van der Waals surface area contributed by atoms with Gasteiger partial charge < -0.3 is 5.32 Å². The fourth-order valence-corrected chi connectivity index (χ4v) is 2.14. The van der Waals surface area contributed by atoms with Gasteiger partial charge in [0.2, 0.25) is 0 Å². The normalized spacial score (nSPS) is 12.6. The number of aromatic nitrogens is 2. The first kappa shape index (κ1) is 11.9. The number of likely N-dealkylation sites (N-methyl/N-ethyl adjacent to an activating group) is 1. The second kappa shape index (κ2) is 5.64. The van der Waals surface area contributed by atoms with Crippen LogP contribution in [0.25, 0.3) is 0 Å². The summed E-state index contributed by atoms with van der Waals surface area (Å²) in [6.07, 6.45) is 5.07. The summed E-state index contributed by atoms with van der Waals surface area (Å²) in [6, 6.07) is 10.6. The van der Waals surface area contributed by atoms with Gasteiger partial charge >= 0.3 is 0 Å². The Morgan fingerprint density at radius 3 is 2.65 bits per heavy atom. The van der Waals surface area contributed by atoms with Gasteiger partial charge in [0.05, 0.1) is 6.20 Å². The molecule has 0 aliphatic rings. The third kappa shape index (κ3) is 3.17. The van der Waals surface area contributed by atoms with Crippen molar-refractivity contribution in [2.75, 3.05) is 13.6 Å². The molecule has 0 aliphatic carbocycles. The summed E-state index contributed by atoms with van der Waals surface area (Å²) >= 11 is 0. The average molecular weight is 229 g/mol. The molecule has 0 amide bonds. The molecule has 17 heavy (non-hydrogen) atoms. The van der Waals surface area contributed by atoms with Crippen LogP contribution in [0.3, 0.4) is 0 Å². The zero-order chi connectivity index (χ0) is 12.1. The lowest BCUT2D eigenvalue weighted by Crippen LogP contribution is -2.19. The Kier molecular flexibility index (Phi) is 3.94. The molecule has 1 heterocycles. The van der Waals surface area contributed by atoms with Gasteiger partial charge in [-0.05, 0) is 24.6 Å². The van der Waals surface area contributed by atoms with E-state index in [4.69, 9.17) is 0 Å². The van der Waals surface area contributed by atoms with Crippen molar-refractivity contribution in [1.29, 1.82) is 0 Å². The van der Waals surface area contributed by atoms with Gasteiger partial charge in [0.25, 0.3) is 0 Å². The Labute approximate surface area is 102 Å². The topological polar surface area (TPSA) is 29.9 Å². The fraction of sp³-hybridized carbons (Fsp3) is 0.357. The third-order valence-electron chi connectivity index (χ3n) is 2.96. The quantitative estimate of drug-likeness (QED) is 0.849. The second-order valence-corrected chi connectivity index (χ2v) is 4.39. The number of aryl methyl sites for hydroxylation is 1. The van der Waals surface area contributed by atoms with E-state index in [-0.39, 0.29) is 0 Å². The molecule has 3 heteroatoms. The lowest BCUT2D eigenvalue weighted by atomic mass is 9.93. The molecular formula is C14H19N3. The average Bonchev–Trinajstić information content (AvgIpc) is 2.75. The van der Waals surface area contributed by atoms with Crippen LogP contribution in [0, 0.1) is 0 Å². The molecule has 0 fully saturated rings. The van der Waals surface area contributed by atoms with Crippen molar-refractivity contribution in [2.45, 2.75) is 12.3 Å². The molecule has 1 unspecified atom stereocenters. The van der Waals surface area contributed by atoms with Gasteiger partial charge in [-0.2, -0.15) is 5.10 Å². The van der Waals surface area contributed by atoms with E-state index < -0.39 is 0 Å². The summed E-state index contributed by atoms with van der Waals surface area (Å²) < 4.78 is 1.86. The monoisotopic (exact) mass is 229 g/mol. The highest BCUT2D eigenvalue weighted by Crippen LogP contribution is 2.19. The Morgan fingerprint density at radius 2 is 2.06 bits per heavy atom. The largest absolute Gasteiger partial charge is 0.319 e. The van der Waals surface area contributed by atoms with Crippen LogP contribution in [0.2, 0.25) is 0 Å². The van der Waals surface area contributed by atoms with Gasteiger partial charge in [-0.25, -0.2) is 0 Å². The van der Waals surface area contributed by atoms with Crippen LogP contribution in [-0.4, -0.2) is 23.4 Å². The van der Waals surface area contributed by atoms with Crippen LogP contribution in [0.15, 0.2) is 42.7 Å². The molecule has 0 bridgehead atoms. The van der Waals surface area contributed by atoms with Gasteiger partial charge in [-0.3, -0.25) is 4.68 Å². The number of rotatable bonds is 5. The highest BCUT2D eigenvalue weighted by atomic mass is 15.2. The molecule has 0 aliphatic heterocycles. The molecule has 0 saturated heterocycles. The number of hydrogen-bond acceptors (Lipinski definition) is 2. The molecule has 0 radical (unpaired) electrons. The van der Waals surface area contributed by atoms with E-state index in [1.165, 1.54) is 11.1 Å². The molecule has 1 aromatic carbocycles. The van der Waals surface area contributed by atoms with Crippen molar-refractivity contribution in [1.82, 2.24) is 15.1 Å². The van der Waals surface area contributed by atoms with E-state index >= 15 is 0 Å². The molecule has 1 aromatic heterocycles. The van der Waals surface area contributed by atoms with Crippen molar-refractivity contribution in [3.8, 4) is 0 Å². The van der Waals surface area contributed by atoms with Crippen molar-refractivity contribution in [2.24, 2.45) is 7.05 Å². The maximum Gasteiger partial charge on any atom is 0.0521 e. The minimum atomic E-state index is 0.505. The Hall–Kier alpha value is -1.61. The molecule has 1 N–H and O–H groups in total. The highest BCUT2D eigenvalue weighted by molar-refractivity contribution is 5.22. The lowest BCUT2D eigenvalue weighted by molar-refractivity contribution is 0.625. The number of benzene rings is 1. The summed E-state index contributed by atoms with van der Waals surface area (Å²) in [5, 5.41) is 7.49. The van der Waals surface area contributed by atoms with Crippen LogP contribution in [0.1, 0.15) is 17.0 Å². The van der Waals surface area contributed by atoms with Gasteiger partial charge in [0.1, 0.15) is 0 Å². The summed E-state index contributed by atoms with van der Waals surface area (Å²) in [5.41, 5.74) is 2.67. The van der Waals surface area contributed by atoms with Crippen LogP contribution in [0.5, 0.6) is 0 Å². The van der Waals surface area contributed by atoms with Gasteiger partial charge in [-0.1, -0.05) is 30.3 Å². The third-order valence-corrected chi connectivity index (χ3v) is 2.96. The van der Waals surface area contributed by atoms with Crippen molar-refractivity contribution < 1.29 is 0 Å². The fourth-order valence-electron chi connectivity index (χ4n) is 2.14. The molecule has 0 saturated carbocycles. The van der Waals surface area contributed by atoms with E-state index in [0.717, 1.165) is 13.0 Å². The zero-order valence-electron chi connectivity index (χ0n) is 10.4. The molecule has 1 atom stereocenters. The minimum Gasteiger partial charge on any atom is -0.319 e. The summed E-state index contributed by atoms with van der Waals surface area (Å²) in [7, 11) is 3.96. The number of hydrogen-bond donors (Lipinski definition) is 1. The van der Waals surface area contributed by atoms with E-state index in [2.05, 4.69) is 46.9 Å². The highest BCUT2D eigenvalue weighted by Gasteiger charge is 2.12. The van der Waals surface area contributed by atoms with E-state index in [9.17, 15) is 0 Å². The number of nitrogens with zero attached hydrogens (tertiary/aromatic N) is 2. The van der Waals surface area contributed by atoms with Gasteiger partial charge in [0.15, 0.2) is 0 Å². The Balaban J connectivity index is 2.13. The minimum absolute atomic E-state index is 0.505. The first-order valence-corrected chi connectivity index (χ1v) is 5.96. The van der Waals surface area contributed by atoms with Crippen LogP contribution in [0.4, 0.5) is 0 Å². The van der Waals surface area contributed by atoms with E-state index in [1.807, 2.05) is 25.0 Å². The maximum absolute atomic E-state index is 4.22. The molecule has 0 spiro atoms. The Morgan fingerprint density at radius 1 is 1.29 bits per heavy atom. The smallest absolute Gasteiger partial charge is 0.0521 e. The molecule has 90 valence electrons. The SMILES string of the molecule is CNCC(Cc1cnn(C)c1)c1ccccc1. The van der Waals surface area contributed by atoms with E-state index in [1.54, 1.807) is 0 Å². The maximum atomic E-state index is 4.22.